The molecular weight excluding hydrogens is 358 g/mol. The average molecular weight is 375 g/mol. The maximum atomic E-state index is 11.8. The molecule has 118 valence electrons. The first-order valence-electron chi connectivity index (χ1n) is 6.27. The molecule has 0 aliphatic carbocycles. The molecule has 0 bridgehead atoms. The van der Waals surface area contributed by atoms with Gasteiger partial charge in [0.1, 0.15) is 5.75 Å². The third-order valence-electron chi connectivity index (χ3n) is 2.59. The summed E-state index contributed by atoms with van der Waals surface area (Å²) < 4.78 is 21.3. The van der Waals surface area contributed by atoms with Crippen molar-refractivity contribution in [3.8, 4) is 5.75 Å². The van der Waals surface area contributed by atoms with Crippen molar-refractivity contribution in [1.82, 2.24) is 0 Å². The van der Waals surface area contributed by atoms with E-state index in [-0.39, 0.29) is 51.4 Å². The zero-order valence-electron chi connectivity index (χ0n) is 12.9. The Morgan fingerprint density at radius 3 is 2.18 bits per heavy atom. The van der Waals surface area contributed by atoms with Gasteiger partial charge in [-0.3, -0.25) is 0 Å². The van der Waals surface area contributed by atoms with Gasteiger partial charge in [-0.05, 0) is 37.1 Å². The fraction of sp³-hybridized carbons (Fsp3) is 0.462. The minimum absolute atomic E-state index is 0. The number of benzene rings is 1. The van der Waals surface area contributed by atoms with Crippen LogP contribution in [0, 0.1) is 5.92 Å². The van der Waals surface area contributed by atoms with Crippen molar-refractivity contribution in [2.24, 2.45) is 5.92 Å². The molecule has 1 aromatic carbocycles. The first-order valence-corrected chi connectivity index (χ1v) is 8.30. The summed E-state index contributed by atoms with van der Waals surface area (Å²) in [6.07, 6.45) is -1.03. The fourth-order valence-electron chi connectivity index (χ4n) is 1.56. The van der Waals surface area contributed by atoms with Crippen molar-refractivity contribution >= 4 is 25.2 Å². The minimum Gasteiger partial charge on any atom is -0.776 e. The third-order valence-corrected chi connectivity index (χ3v) is 4.18. The van der Waals surface area contributed by atoms with Crippen LogP contribution in [0.25, 0.3) is 0 Å². The first-order chi connectivity index (χ1) is 9.61. The van der Waals surface area contributed by atoms with Crippen LogP contribution in [0.4, 0.5) is 0 Å². The summed E-state index contributed by atoms with van der Waals surface area (Å²) in [6, 6.07) is 6.31. The van der Waals surface area contributed by atoms with E-state index in [1.807, 2.05) is 0 Å². The number of hydrogen-bond donors (Lipinski definition) is 1. The van der Waals surface area contributed by atoms with Crippen LogP contribution in [-0.2, 0) is 14.1 Å². The van der Waals surface area contributed by atoms with Crippen molar-refractivity contribution in [2.75, 3.05) is 0 Å². The predicted molar refractivity (Wildman–Crippen MR) is 76.1 cm³/mol. The normalized spacial score (nSPS) is 16.1. The summed E-state index contributed by atoms with van der Waals surface area (Å²) in [6.45, 7) is 4.45. The molecule has 0 radical (unpaired) electrons. The summed E-state index contributed by atoms with van der Waals surface area (Å²) in [4.78, 5) is 32.1. The Kier molecular flexibility index (Phi) is 10.0. The van der Waals surface area contributed by atoms with E-state index in [0.29, 0.717) is 10.8 Å². The average Bonchev–Trinajstić information content (AvgIpc) is 2.36. The van der Waals surface area contributed by atoms with Gasteiger partial charge >= 0.3 is 57.4 Å². The van der Waals surface area contributed by atoms with Gasteiger partial charge in [0.2, 0.25) is 0 Å². The largest absolute Gasteiger partial charge is 1.00 e. The van der Waals surface area contributed by atoms with Crippen molar-refractivity contribution in [3.63, 3.8) is 0 Å². The van der Waals surface area contributed by atoms with E-state index < -0.39 is 31.4 Å². The number of hydrogen-bond acceptors (Lipinski definition) is 5. The predicted octanol–water partition coefficient (Wildman–Crippen LogP) is -0.818. The number of halogens is 1. The van der Waals surface area contributed by atoms with Gasteiger partial charge in [-0.25, -0.2) is 4.79 Å². The second-order valence-electron chi connectivity index (χ2n) is 4.85. The molecule has 3 atom stereocenters. The smallest absolute Gasteiger partial charge is 0.776 e. The van der Waals surface area contributed by atoms with Gasteiger partial charge in [0.05, 0.1) is 0 Å². The molecule has 0 amide bonds. The second-order valence-corrected chi connectivity index (χ2v) is 6.92. The molecule has 0 aromatic heterocycles. The van der Waals surface area contributed by atoms with Crippen LogP contribution < -0.4 is 61.0 Å². The van der Waals surface area contributed by atoms with E-state index >= 15 is 0 Å². The molecule has 1 aromatic rings. The molecular formula is C13H17ClKO6P. The topological polar surface area (TPSA) is 95.9 Å². The van der Waals surface area contributed by atoms with Gasteiger partial charge in [0, 0.05) is 5.02 Å². The molecule has 0 heterocycles. The molecule has 22 heavy (non-hydrogen) atoms. The number of esters is 1. The Balaban J connectivity index is 0.00000441. The summed E-state index contributed by atoms with van der Waals surface area (Å²) in [7, 11) is -4.78. The van der Waals surface area contributed by atoms with E-state index in [9.17, 15) is 14.3 Å². The van der Waals surface area contributed by atoms with Crippen LogP contribution in [0.3, 0.4) is 0 Å². The molecule has 0 saturated carbocycles. The summed E-state index contributed by atoms with van der Waals surface area (Å²) in [5.41, 5.74) is 0. The maximum Gasteiger partial charge on any atom is 1.00 e. The Hall–Kier alpha value is 0.566. The number of ether oxygens (including phenoxy) is 2. The summed E-state index contributed by atoms with van der Waals surface area (Å²) in [5, 5.41) is 0.519. The van der Waals surface area contributed by atoms with Gasteiger partial charge in [-0.15, -0.1) is 0 Å². The quantitative estimate of drug-likeness (QED) is 0.397. The number of rotatable bonds is 6. The Morgan fingerprint density at radius 2 is 1.77 bits per heavy atom. The molecule has 9 heteroatoms. The van der Waals surface area contributed by atoms with Gasteiger partial charge in [-0.1, -0.05) is 25.4 Å². The Bertz CT molecular complexity index is 530. The number of carbonyl (C=O) groups excluding carboxylic acids is 1. The Labute approximate surface area is 177 Å². The van der Waals surface area contributed by atoms with Crippen molar-refractivity contribution in [3.05, 3.63) is 29.3 Å². The van der Waals surface area contributed by atoms with Gasteiger partial charge in [-0.2, -0.15) is 0 Å². The molecule has 0 aliphatic heterocycles. The van der Waals surface area contributed by atoms with E-state index in [1.54, 1.807) is 24.3 Å². The standard InChI is InChI=1S/C13H18ClO6P.K/c1-8(2)13(21(16,17)18)20-12(15)9(3)19-11-6-4-10(14)5-7-11;/h4-9,13H,1-3H3,(H2,16,17,18);/q;+1/p-1. The van der Waals surface area contributed by atoms with Crippen LogP contribution >= 0.6 is 19.2 Å². The van der Waals surface area contributed by atoms with E-state index in [1.165, 1.54) is 20.8 Å². The fourth-order valence-corrected chi connectivity index (χ4v) is 2.68. The molecule has 0 aliphatic rings. The second kappa shape index (κ2) is 9.76. The van der Waals surface area contributed by atoms with Gasteiger partial charge in [0.25, 0.3) is 0 Å². The molecule has 1 N–H and O–H groups in total. The summed E-state index contributed by atoms with van der Waals surface area (Å²) in [5.74, 6) is -2.67. The maximum absolute atomic E-state index is 11.8. The first kappa shape index (κ1) is 22.6. The SMILES string of the molecule is CC(Oc1ccc(Cl)cc1)C(=O)OC(C(C)C)P(=O)([O-])O.[K+]. The van der Waals surface area contributed by atoms with Crippen LogP contribution in [0.2, 0.25) is 5.02 Å². The molecule has 0 fully saturated rings. The Morgan fingerprint density at radius 1 is 1.27 bits per heavy atom. The molecule has 1 rings (SSSR count). The minimum atomic E-state index is -4.78. The van der Waals surface area contributed by atoms with Crippen molar-refractivity contribution < 1.29 is 80.0 Å². The van der Waals surface area contributed by atoms with Crippen LogP contribution in [0.1, 0.15) is 20.8 Å². The third kappa shape index (κ3) is 7.42. The molecule has 0 saturated heterocycles. The van der Waals surface area contributed by atoms with Crippen molar-refractivity contribution in [2.45, 2.75) is 32.7 Å². The van der Waals surface area contributed by atoms with E-state index in [0.717, 1.165) is 0 Å². The van der Waals surface area contributed by atoms with Crippen LogP contribution in [0.15, 0.2) is 24.3 Å². The van der Waals surface area contributed by atoms with Gasteiger partial charge < -0.3 is 23.8 Å². The molecule has 6 nitrogen and oxygen atoms in total. The zero-order chi connectivity index (χ0) is 16.2. The van der Waals surface area contributed by atoms with Crippen LogP contribution in [-0.4, -0.2) is 22.8 Å². The molecule has 3 unspecified atom stereocenters. The van der Waals surface area contributed by atoms with E-state index in [2.05, 4.69) is 0 Å². The van der Waals surface area contributed by atoms with Crippen molar-refractivity contribution in [1.29, 1.82) is 0 Å². The summed E-state index contributed by atoms with van der Waals surface area (Å²) >= 11 is 5.72. The molecule has 0 spiro atoms. The van der Waals surface area contributed by atoms with E-state index in [4.69, 9.17) is 26.0 Å². The number of carbonyl (C=O) groups is 1. The zero-order valence-corrected chi connectivity index (χ0v) is 17.6. The monoisotopic (exact) mass is 374 g/mol. The van der Waals surface area contributed by atoms with Crippen LogP contribution in [0.5, 0.6) is 5.75 Å². The van der Waals surface area contributed by atoms with Gasteiger partial charge in [0.15, 0.2) is 19.5 Å².